The van der Waals surface area contributed by atoms with Crippen LogP contribution in [0.4, 0.5) is 8.78 Å². The maximum atomic E-state index is 11.8. The summed E-state index contributed by atoms with van der Waals surface area (Å²) >= 11 is 0. The monoisotopic (exact) mass is 224 g/mol. The molecule has 14 heavy (non-hydrogen) atoms. The summed E-state index contributed by atoms with van der Waals surface area (Å²) in [5, 5.41) is 8.17. The van der Waals surface area contributed by atoms with Crippen LogP contribution in [0.25, 0.3) is 0 Å². The average molecular weight is 224 g/mol. The van der Waals surface area contributed by atoms with Crippen molar-refractivity contribution in [3.63, 3.8) is 0 Å². The standard InChI is InChI=1S/C7H6F2O4S/c8-5(9)3-14(12)6-2-1-4(13-6)7(10)11/h1-2,5H,3H2,(H,10,11). The van der Waals surface area contributed by atoms with Crippen molar-refractivity contribution >= 4 is 16.8 Å². The van der Waals surface area contributed by atoms with E-state index in [0.29, 0.717) is 0 Å². The zero-order valence-electron chi connectivity index (χ0n) is 6.78. The molecule has 1 atom stereocenters. The average Bonchev–Trinajstić information content (AvgIpc) is 2.50. The Hall–Kier alpha value is -1.24. The van der Waals surface area contributed by atoms with E-state index >= 15 is 0 Å². The molecule has 78 valence electrons. The normalized spacial score (nSPS) is 13.1. The van der Waals surface area contributed by atoms with Gasteiger partial charge in [-0.2, -0.15) is 0 Å². The molecular weight excluding hydrogens is 218 g/mol. The smallest absolute Gasteiger partial charge is 0.371 e. The molecule has 4 nitrogen and oxygen atoms in total. The molecule has 1 heterocycles. The van der Waals surface area contributed by atoms with Gasteiger partial charge in [-0.1, -0.05) is 0 Å². The Morgan fingerprint density at radius 1 is 1.57 bits per heavy atom. The van der Waals surface area contributed by atoms with Crippen LogP contribution in [0, 0.1) is 0 Å². The first kappa shape index (κ1) is 10.8. The molecule has 0 bridgehead atoms. The number of carboxylic acids is 1. The van der Waals surface area contributed by atoms with Gasteiger partial charge in [0.1, 0.15) is 0 Å². The van der Waals surface area contributed by atoms with Gasteiger partial charge in [0.15, 0.2) is 5.09 Å². The Bertz CT molecular complexity index is 360. The van der Waals surface area contributed by atoms with Gasteiger partial charge >= 0.3 is 5.97 Å². The van der Waals surface area contributed by atoms with Crippen molar-refractivity contribution in [3.05, 3.63) is 17.9 Å². The van der Waals surface area contributed by atoms with Gasteiger partial charge in [0.05, 0.1) is 16.6 Å². The molecule has 0 fully saturated rings. The van der Waals surface area contributed by atoms with Crippen LogP contribution in [0.15, 0.2) is 21.6 Å². The molecule has 1 unspecified atom stereocenters. The predicted molar refractivity (Wildman–Crippen MR) is 42.9 cm³/mol. The fourth-order valence-corrected chi connectivity index (χ4v) is 1.55. The van der Waals surface area contributed by atoms with E-state index in [2.05, 4.69) is 4.42 Å². The molecule has 0 saturated heterocycles. The number of halogens is 2. The van der Waals surface area contributed by atoms with E-state index in [0.717, 1.165) is 12.1 Å². The maximum Gasteiger partial charge on any atom is 0.371 e. The summed E-state index contributed by atoms with van der Waals surface area (Å²) in [6, 6.07) is 2.18. The molecule has 0 aliphatic rings. The van der Waals surface area contributed by atoms with E-state index in [9.17, 15) is 17.8 Å². The lowest BCUT2D eigenvalue weighted by Crippen LogP contribution is -2.06. The van der Waals surface area contributed by atoms with Crippen LogP contribution in [0.2, 0.25) is 0 Å². The van der Waals surface area contributed by atoms with E-state index in [1.807, 2.05) is 0 Å². The van der Waals surface area contributed by atoms with Gasteiger partial charge in [0, 0.05) is 0 Å². The predicted octanol–water partition coefficient (Wildman–Crippen LogP) is 1.35. The summed E-state index contributed by atoms with van der Waals surface area (Å²) in [5.74, 6) is -2.60. The van der Waals surface area contributed by atoms with Crippen molar-refractivity contribution in [2.75, 3.05) is 5.75 Å². The van der Waals surface area contributed by atoms with E-state index in [4.69, 9.17) is 5.11 Å². The molecule has 0 radical (unpaired) electrons. The molecule has 0 aromatic carbocycles. The Morgan fingerprint density at radius 3 is 2.64 bits per heavy atom. The van der Waals surface area contributed by atoms with Crippen LogP contribution in [0.3, 0.4) is 0 Å². The fraction of sp³-hybridized carbons (Fsp3) is 0.286. The summed E-state index contributed by atoms with van der Waals surface area (Å²) in [7, 11) is -1.99. The van der Waals surface area contributed by atoms with Gasteiger partial charge in [0.2, 0.25) is 5.76 Å². The van der Waals surface area contributed by atoms with Crippen molar-refractivity contribution in [2.24, 2.45) is 0 Å². The Kier molecular flexibility index (Phi) is 3.34. The van der Waals surface area contributed by atoms with Crippen molar-refractivity contribution in [2.45, 2.75) is 11.5 Å². The number of carbonyl (C=O) groups is 1. The minimum absolute atomic E-state index is 0.247. The highest BCUT2D eigenvalue weighted by Gasteiger charge is 2.17. The number of furan rings is 1. The van der Waals surface area contributed by atoms with Gasteiger partial charge < -0.3 is 9.52 Å². The number of hydrogen-bond acceptors (Lipinski definition) is 3. The molecule has 0 aliphatic heterocycles. The molecule has 1 N–H and O–H groups in total. The molecule has 1 aromatic heterocycles. The highest BCUT2D eigenvalue weighted by Crippen LogP contribution is 2.13. The molecule has 0 spiro atoms. The summed E-state index contributed by atoms with van der Waals surface area (Å²) in [6.45, 7) is 0. The minimum Gasteiger partial charge on any atom is -0.475 e. The minimum atomic E-state index is -2.71. The summed E-state index contributed by atoms with van der Waals surface area (Å²) in [4.78, 5) is 10.3. The van der Waals surface area contributed by atoms with E-state index in [-0.39, 0.29) is 5.09 Å². The van der Waals surface area contributed by atoms with E-state index < -0.39 is 34.7 Å². The number of carboxylic acid groups (broad SMARTS) is 1. The third-order valence-corrected chi connectivity index (χ3v) is 2.52. The molecule has 0 aliphatic carbocycles. The molecule has 1 aromatic rings. The molecule has 1 rings (SSSR count). The molecule has 0 saturated carbocycles. The number of rotatable bonds is 4. The Labute approximate surface area is 80.0 Å². The van der Waals surface area contributed by atoms with Gasteiger partial charge in [-0.15, -0.1) is 0 Å². The van der Waals surface area contributed by atoms with Gasteiger partial charge in [-0.3, -0.25) is 4.21 Å². The van der Waals surface area contributed by atoms with Crippen LogP contribution in [0.5, 0.6) is 0 Å². The second-order valence-electron chi connectivity index (χ2n) is 2.33. The molecule has 7 heteroatoms. The van der Waals surface area contributed by atoms with Gasteiger partial charge in [0.25, 0.3) is 6.43 Å². The second kappa shape index (κ2) is 4.32. The lowest BCUT2D eigenvalue weighted by Gasteiger charge is -1.96. The van der Waals surface area contributed by atoms with Crippen LogP contribution in [-0.2, 0) is 10.8 Å². The number of hydrogen-bond donors (Lipinski definition) is 1. The highest BCUT2D eigenvalue weighted by molar-refractivity contribution is 7.84. The lowest BCUT2D eigenvalue weighted by atomic mass is 10.5. The van der Waals surface area contributed by atoms with Crippen LogP contribution < -0.4 is 0 Å². The third-order valence-electron chi connectivity index (χ3n) is 1.29. The second-order valence-corrected chi connectivity index (χ2v) is 3.75. The van der Waals surface area contributed by atoms with Crippen molar-refractivity contribution in [1.82, 2.24) is 0 Å². The van der Waals surface area contributed by atoms with Crippen LogP contribution in [0.1, 0.15) is 10.6 Å². The van der Waals surface area contributed by atoms with E-state index in [1.54, 1.807) is 0 Å². The summed E-state index contributed by atoms with van der Waals surface area (Å²) < 4.78 is 39.2. The van der Waals surface area contributed by atoms with E-state index in [1.165, 1.54) is 0 Å². The van der Waals surface area contributed by atoms with Gasteiger partial charge in [-0.25, -0.2) is 13.6 Å². The maximum absolute atomic E-state index is 11.8. The lowest BCUT2D eigenvalue weighted by molar-refractivity contribution is 0.0656. The van der Waals surface area contributed by atoms with Gasteiger partial charge in [-0.05, 0) is 12.1 Å². The van der Waals surface area contributed by atoms with Crippen molar-refractivity contribution in [3.8, 4) is 0 Å². The largest absolute Gasteiger partial charge is 0.475 e. The first-order valence-corrected chi connectivity index (χ1v) is 4.82. The topological polar surface area (TPSA) is 67.5 Å². The van der Waals surface area contributed by atoms with Crippen LogP contribution >= 0.6 is 0 Å². The number of alkyl halides is 2. The summed E-state index contributed by atoms with van der Waals surface area (Å²) in [6.07, 6.45) is -2.71. The summed E-state index contributed by atoms with van der Waals surface area (Å²) in [5.41, 5.74) is 0. The molecule has 0 amide bonds. The van der Waals surface area contributed by atoms with Crippen LogP contribution in [-0.4, -0.2) is 27.5 Å². The first-order valence-electron chi connectivity index (χ1n) is 3.50. The zero-order valence-corrected chi connectivity index (χ0v) is 7.59. The number of aromatic carboxylic acids is 1. The van der Waals surface area contributed by atoms with Crippen molar-refractivity contribution < 1.29 is 27.3 Å². The SMILES string of the molecule is O=C(O)c1ccc(S(=O)CC(F)F)o1. The zero-order chi connectivity index (χ0) is 10.7. The first-order chi connectivity index (χ1) is 6.50. The quantitative estimate of drug-likeness (QED) is 0.838. The third kappa shape index (κ3) is 2.63. The Balaban J connectivity index is 2.76. The fourth-order valence-electron chi connectivity index (χ4n) is 0.754. The van der Waals surface area contributed by atoms with Crippen molar-refractivity contribution in [1.29, 1.82) is 0 Å². The Morgan fingerprint density at radius 2 is 2.21 bits per heavy atom. The highest BCUT2D eigenvalue weighted by atomic mass is 32.2. The molecular formula is C7H6F2O4S.